The van der Waals surface area contributed by atoms with Gasteiger partial charge < -0.3 is 15.2 Å². The van der Waals surface area contributed by atoms with Crippen LogP contribution in [-0.2, 0) is 9.59 Å². The fourth-order valence-electron chi connectivity index (χ4n) is 3.23. The lowest BCUT2D eigenvalue weighted by Gasteiger charge is -2.30. The molecule has 3 rings (SSSR count). The fraction of sp³-hybridized carbons (Fsp3) is 0.316. The van der Waals surface area contributed by atoms with Crippen LogP contribution in [0.5, 0.6) is 0 Å². The van der Waals surface area contributed by atoms with E-state index in [1.807, 2.05) is 13.0 Å². The highest BCUT2D eigenvalue weighted by Crippen LogP contribution is 2.21. The number of hydrogen-bond donors (Lipinski definition) is 2. The monoisotopic (exact) mass is 354 g/mol. The van der Waals surface area contributed by atoms with E-state index in [1.165, 1.54) is 6.08 Å². The van der Waals surface area contributed by atoms with Crippen molar-refractivity contribution < 1.29 is 9.59 Å². The zero-order valence-electron chi connectivity index (χ0n) is 14.7. The van der Waals surface area contributed by atoms with Crippen LogP contribution in [0.4, 0.5) is 5.69 Å². The Labute approximate surface area is 151 Å². The van der Waals surface area contributed by atoms with Crippen LogP contribution in [-0.4, -0.2) is 39.4 Å². The quantitative estimate of drug-likeness (QED) is 0.821. The number of H-pyrrole nitrogens is 1. The van der Waals surface area contributed by atoms with Crippen LogP contribution in [0, 0.1) is 12.8 Å². The molecule has 1 aliphatic heterocycles. The summed E-state index contributed by atoms with van der Waals surface area (Å²) in [6.45, 7) is 6.44. The van der Waals surface area contributed by atoms with Crippen LogP contribution in [0.3, 0.4) is 0 Å². The Kier molecular flexibility index (Phi) is 5.06. The van der Waals surface area contributed by atoms with E-state index in [4.69, 9.17) is 0 Å². The molecule has 7 heteroatoms. The molecular formula is C19H22N4O3. The maximum absolute atomic E-state index is 12.5. The van der Waals surface area contributed by atoms with Gasteiger partial charge in [0.15, 0.2) is 0 Å². The summed E-state index contributed by atoms with van der Waals surface area (Å²) < 4.78 is 1.55. The number of aromatic amines is 1. The first kappa shape index (κ1) is 17.7. The summed E-state index contributed by atoms with van der Waals surface area (Å²) in [4.78, 5) is 40.4. The van der Waals surface area contributed by atoms with Crippen LogP contribution in [0.1, 0.15) is 18.5 Å². The SMILES string of the molecule is C=CC(=O)N1CCC(C(=O)Nc2cccc(-n3c(C)c[nH]c3=O)c2)CC1. The summed E-state index contributed by atoms with van der Waals surface area (Å²) in [5, 5.41) is 2.92. The predicted octanol–water partition coefficient (Wildman–Crippen LogP) is 1.84. The van der Waals surface area contributed by atoms with Crippen molar-refractivity contribution in [3.63, 3.8) is 0 Å². The zero-order chi connectivity index (χ0) is 18.7. The highest BCUT2D eigenvalue weighted by Gasteiger charge is 2.26. The summed E-state index contributed by atoms with van der Waals surface area (Å²) in [5.74, 6) is -0.292. The van der Waals surface area contributed by atoms with Crippen LogP contribution < -0.4 is 11.0 Å². The number of piperidine rings is 1. The molecule has 0 saturated carbocycles. The molecule has 26 heavy (non-hydrogen) atoms. The number of rotatable bonds is 4. The van der Waals surface area contributed by atoms with Crippen LogP contribution in [0.15, 0.2) is 47.9 Å². The van der Waals surface area contributed by atoms with Gasteiger partial charge in [-0.3, -0.25) is 14.2 Å². The van der Waals surface area contributed by atoms with Gasteiger partial charge in [0.25, 0.3) is 0 Å². The molecule has 1 aliphatic rings. The van der Waals surface area contributed by atoms with Crippen molar-refractivity contribution >= 4 is 17.5 Å². The minimum atomic E-state index is -0.217. The first-order chi connectivity index (χ1) is 12.5. The second-order valence-electron chi connectivity index (χ2n) is 6.41. The van der Waals surface area contributed by atoms with E-state index in [2.05, 4.69) is 16.9 Å². The number of aromatic nitrogens is 2. The largest absolute Gasteiger partial charge is 0.339 e. The minimum Gasteiger partial charge on any atom is -0.339 e. The molecule has 0 atom stereocenters. The summed E-state index contributed by atoms with van der Waals surface area (Å²) in [6, 6.07) is 7.19. The summed E-state index contributed by atoms with van der Waals surface area (Å²) in [5.41, 5.74) is 1.91. The average Bonchev–Trinajstić information content (AvgIpc) is 2.99. The number of benzene rings is 1. The van der Waals surface area contributed by atoms with E-state index < -0.39 is 0 Å². The molecule has 0 spiro atoms. The molecular weight excluding hydrogens is 332 g/mol. The second-order valence-corrected chi connectivity index (χ2v) is 6.41. The van der Waals surface area contributed by atoms with Crippen molar-refractivity contribution in [2.45, 2.75) is 19.8 Å². The number of aryl methyl sites for hydroxylation is 1. The highest BCUT2D eigenvalue weighted by molar-refractivity contribution is 5.93. The van der Waals surface area contributed by atoms with Crippen LogP contribution in [0.2, 0.25) is 0 Å². The number of carbonyl (C=O) groups is 2. The summed E-state index contributed by atoms with van der Waals surface area (Å²) in [6.07, 6.45) is 4.20. The van der Waals surface area contributed by atoms with Gasteiger partial charge >= 0.3 is 5.69 Å². The van der Waals surface area contributed by atoms with Gasteiger partial charge in [-0.25, -0.2) is 4.79 Å². The van der Waals surface area contributed by atoms with E-state index in [-0.39, 0.29) is 23.4 Å². The Bertz CT molecular complexity index is 888. The summed E-state index contributed by atoms with van der Waals surface area (Å²) >= 11 is 0. The molecule has 2 amide bonds. The van der Waals surface area contributed by atoms with E-state index >= 15 is 0 Å². The van der Waals surface area contributed by atoms with Crippen molar-refractivity contribution in [3.05, 3.63) is 59.3 Å². The Morgan fingerprint density at radius 2 is 2.04 bits per heavy atom. The van der Waals surface area contributed by atoms with Crippen molar-refractivity contribution in [2.75, 3.05) is 18.4 Å². The van der Waals surface area contributed by atoms with E-state index in [1.54, 1.807) is 33.9 Å². The maximum atomic E-state index is 12.5. The fourth-order valence-corrected chi connectivity index (χ4v) is 3.23. The van der Waals surface area contributed by atoms with Gasteiger partial charge in [0.2, 0.25) is 11.8 Å². The third-order valence-electron chi connectivity index (χ3n) is 4.68. The Hall–Kier alpha value is -3.09. The zero-order valence-corrected chi connectivity index (χ0v) is 14.7. The second kappa shape index (κ2) is 7.43. The van der Waals surface area contributed by atoms with Crippen LogP contribution >= 0.6 is 0 Å². The third kappa shape index (κ3) is 3.61. The normalized spacial score (nSPS) is 14.9. The lowest BCUT2D eigenvalue weighted by Crippen LogP contribution is -2.40. The topological polar surface area (TPSA) is 87.2 Å². The van der Waals surface area contributed by atoms with Gasteiger partial charge in [-0.2, -0.15) is 0 Å². The standard InChI is InChI=1S/C19H22N4O3/c1-3-17(24)22-9-7-14(8-10-22)18(25)21-15-5-4-6-16(11-15)23-13(2)12-20-19(23)26/h3-6,11-12,14H,1,7-10H2,2H3,(H,20,26)(H,21,25). The van der Waals surface area contributed by atoms with Crippen LogP contribution in [0.25, 0.3) is 5.69 Å². The van der Waals surface area contributed by atoms with Crippen molar-refractivity contribution in [1.82, 2.24) is 14.5 Å². The van der Waals surface area contributed by atoms with Gasteiger partial charge in [0, 0.05) is 36.6 Å². The van der Waals surface area contributed by atoms with Gasteiger partial charge in [-0.15, -0.1) is 0 Å². The third-order valence-corrected chi connectivity index (χ3v) is 4.68. The Morgan fingerprint density at radius 1 is 1.31 bits per heavy atom. The molecule has 0 radical (unpaired) electrons. The molecule has 7 nitrogen and oxygen atoms in total. The first-order valence-corrected chi connectivity index (χ1v) is 8.59. The van der Waals surface area contributed by atoms with Gasteiger partial charge in [-0.05, 0) is 44.0 Å². The number of likely N-dealkylation sites (tertiary alicyclic amines) is 1. The van der Waals surface area contributed by atoms with Crippen molar-refractivity contribution in [1.29, 1.82) is 0 Å². The predicted molar refractivity (Wildman–Crippen MR) is 99.3 cm³/mol. The molecule has 0 aliphatic carbocycles. The number of nitrogens with one attached hydrogen (secondary N) is 2. The first-order valence-electron chi connectivity index (χ1n) is 8.59. The number of anilines is 1. The lowest BCUT2D eigenvalue weighted by atomic mass is 9.95. The Morgan fingerprint density at radius 3 is 2.65 bits per heavy atom. The average molecular weight is 354 g/mol. The molecule has 0 bridgehead atoms. The number of hydrogen-bond acceptors (Lipinski definition) is 3. The van der Waals surface area contributed by atoms with Gasteiger partial charge in [0.05, 0.1) is 5.69 Å². The number of carbonyl (C=O) groups excluding carboxylic acids is 2. The van der Waals surface area contributed by atoms with Gasteiger partial charge in [-0.1, -0.05) is 12.6 Å². The number of amides is 2. The number of nitrogens with zero attached hydrogens (tertiary/aromatic N) is 2. The molecule has 136 valence electrons. The van der Waals surface area contributed by atoms with E-state index in [0.717, 1.165) is 5.69 Å². The number of imidazole rings is 1. The van der Waals surface area contributed by atoms with Crippen molar-refractivity contribution in [2.24, 2.45) is 5.92 Å². The highest BCUT2D eigenvalue weighted by atomic mass is 16.2. The molecule has 0 unspecified atom stereocenters. The maximum Gasteiger partial charge on any atom is 0.330 e. The Balaban J connectivity index is 1.67. The van der Waals surface area contributed by atoms with Crippen molar-refractivity contribution in [3.8, 4) is 5.69 Å². The van der Waals surface area contributed by atoms with E-state index in [0.29, 0.717) is 37.3 Å². The summed E-state index contributed by atoms with van der Waals surface area (Å²) in [7, 11) is 0. The molecule has 1 saturated heterocycles. The molecule has 1 aromatic carbocycles. The molecule has 1 aromatic heterocycles. The van der Waals surface area contributed by atoms with E-state index in [9.17, 15) is 14.4 Å². The molecule has 2 aromatic rings. The lowest BCUT2D eigenvalue weighted by molar-refractivity contribution is -0.130. The molecule has 1 fully saturated rings. The molecule has 2 heterocycles. The molecule has 2 N–H and O–H groups in total. The minimum absolute atomic E-state index is 0.0639. The van der Waals surface area contributed by atoms with Gasteiger partial charge in [0.1, 0.15) is 0 Å². The smallest absolute Gasteiger partial charge is 0.330 e.